The summed E-state index contributed by atoms with van der Waals surface area (Å²) in [6.07, 6.45) is 0. The van der Waals surface area contributed by atoms with Crippen molar-refractivity contribution in [1.82, 2.24) is 10.3 Å². The third-order valence-corrected chi connectivity index (χ3v) is 3.75. The van der Waals surface area contributed by atoms with Crippen LogP contribution in [-0.2, 0) is 9.53 Å². The van der Waals surface area contributed by atoms with E-state index in [1.807, 2.05) is 32.3 Å². The molecule has 2 N–H and O–H groups in total. The molecule has 0 fully saturated rings. The Balaban J connectivity index is 2.50. The number of fused-ring (bicyclic) bond motifs is 1. The average Bonchev–Trinajstić information content (AvgIpc) is 2.59. The molecule has 24 heavy (non-hydrogen) atoms. The minimum Gasteiger partial charge on any atom is -0.467 e. The summed E-state index contributed by atoms with van der Waals surface area (Å²) < 4.78 is 4.66. The number of aliphatic hydroxyl groups is 1. The Bertz CT molecular complexity index is 776. The van der Waals surface area contributed by atoms with Gasteiger partial charge in [-0.05, 0) is 19.1 Å². The van der Waals surface area contributed by atoms with Gasteiger partial charge in [-0.3, -0.25) is 4.79 Å². The second-order valence-corrected chi connectivity index (χ2v) is 5.88. The minimum atomic E-state index is -1.52. The van der Waals surface area contributed by atoms with Gasteiger partial charge in [0.1, 0.15) is 5.82 Å². The van der Waals surface area contributed by atoms with Crippen molar-refractivity contribution in [1.29, 1.82) is 0 Å². The lowest BCUT2D eigenvalue weighted by Crippen LogP contribution is -2.55. The van der Waals surface area contributed by atoms with Crippen molar-refractivity contribution in [2.45, 2.75) is 12.5 Å². The van der Waals surface area contributed by atoms with Crippen LogP contribution in [0, 0.1) is 0 Å². The fraction of sp³-hybridized carbons (Fsp3) is 0.353. The van der Waals surface area contributed by atoms with Crippen LogP contribution in [0.5, 0.6) is 0 Å². The third-order valence-electron chi connectivity index (χ3n) is 3.75. The molecule has 1 aromatic carbocycles. The molecule has 7 heteroatoms. The van der Waals surface area contributed by atoms with Crippen molar-refractivity contribution < 1.29 is 19.4 Å². The van der Waals surface area contributed by atoms with E-state index in [-0.39, 0.29) is 0 Å². The van der Waals surface area contributed by atoms with E-state index >= 15 is 0 Å². The number of benzene rings is 1. The number of esters is 1. The van der Waals surface area contributed by atoms with Gasteiger partial charge < -0.3 is 20.1 Å². The zero-order valence-electron chi connectivity index (χ0n) is 14.2. The lowest BCUT2D eigenvalue weighted by molar-refractivity contribution is -0.149. The van der Waals surface area contributed by atoms with Crippen molar-refractivity contribution in [3.05, 3.63) is 35.9 Å². The molecule has 0 bridgehead atoms. The first-order valence-corrected chi connectivity index (χ1v) is 7.41. The molecule has 0 saturated heterocycles. The van der Waals surface area contributed by atoms with Crippen LogP contribution in [0.25, 0.3) is 10.9 Å². The molecule has 2 rings (SSSR count). The number of anilines is 1. The number of rotatable bonds is 5. The number of hydrogen-bond donors (Lipinski definition) is 2. The number of amides is 1. The number of nitrogens with zero attached hydrogens (tertiary/aromatic N) is 2. The van der Waals surface area contributed by atoms with Gasteiger partial charge in [0.05, 0.1) is 24.8 Å². The quantitative estimate of drug-likeness (QED) is 0.793. The van der Waals surface area contributed by atoms with Gasteiger partial charge in [-0.25, -0.2) is 9.78 Å². The Labute approximate surface area is 140 Å². The summed E-state index contributed by atoms with van der Waals surface area (Å²) in [5.74, 6) is -0.592. The normalized spacial score (nSPS) is 13.2. The first kappa shape index (κ1) is 17.7. The summed E-state index contributed by atoms with van der Waals surface area (Å²) >= 11 is 0. The summed E-state index contributed by atoms with van der Waals surface area (Å²) in [6.45, 7) is 0.835. The van der Waals surface area contributed by atoms with Gasteiger partial charge in [0, 0.05) is 19.5 Å². The maximum Gasteiger partial charge on any atom is 0.333 e. The Morgan fingerprint density at radius 1 is 1.33 bits per heavy atom. The molecule has 1 amide bonds. The lowest BCUT2D eigenvalue weighted by Gasteiger charge is -2.26. The standard InChI is InChI=1S/C17H21N3O4/c1-17(10-21,16(23)24-4)19-15(22)12-9-14(20(2)3)18-13-8-6-5-7-11(12)13/h5-9,21H,10H2,1-4H3,(H,19,22). The molecule has 1 aromatic heterocycles. The Hall–Kier alpha value is -2.67. The van der Waals surface area contributed by atoms with Gasteiger partial charge in [-0.1, -0.05) is 18.2 Å². The van der Waals surface area contributed by atoms with E-state index < -0.39 is 24.0 Å². The zero-order valence-corrected chi connectivity index (χ0v) is 14.2. The molecular weight excluding hydrogens is 310 g/mol. The highest BCUT2D eigenvalue weighted by atomic mass is 16.5. The highest BCUT2D eigenvalue weighted by molar-refractivity contribution is 6.08. The Morgan fingerprint density at radius 2 is 2.00 bits per heavy atom. The second-order valence-electron chi connectivity index (χ2n) is 5.88. The molecule has 0 aliphatic rings. The van der Waals surface area contributed by atoms with Gasteiger partial charge in [0.25, 0.3) is 5.91 Å². The molecule has 2 aromatic rings. The molecule has 0 aliphatic heterocycles. The molecule has 0 saturated carbocycles. The summed E-state index contributed by atoms with van der Waals surface area (Å²) in [6, 6.07) is 8.88. The van der Waals surface area contributed by atoms with E-state index in [1.165, 1.54) is 14.0 Å². The van der Waals surface area contributed by atoms with Crippen molar-refractivity contribution in [3.8, 4) is 0 Å². The molecule has 0 spiro atoms. The Kier molecular flexibility index (Phi) is 5.04. The number of pyridine rings is 1. The topological polar surface area (TPSA) is 91.8 Å². The molecule has 1 unspecified atom stereocenters. The van der Waals surface area contributed by atoms with E-state index in [9.17, 15) is 14.7 Å². The summed E-state index contributed by atoms with van der Waals surface area (Å²) in [5.41, 5.74) is -0.486. The van der Waals surface area contributed by atoms with Crippen LogP contribution in [0.2, 0.25) is 0 Å². The van der Waals surface area contributed by atoms with E-state index in [2.05, 4.69) is 15.0 Å². The predicted octanol–water partition coefficient (Wildman–Crippen LogP) is 0.955. The van der Waals surface area contributed by atoms with Gasteiger partial charge >= 0.3 is 5.97 Å². The van der Waals surface area contributed by atoms with Crippen LogP contribution in [0.15, 0.2) is 30.3 Å². The SMILES string of the molecule is COC(=O)C(C)(CO)NC(=O)c1cc(N(C)C)nc2ccccc12. The van der Waals surface area contributed by atoms with Gasteiger partial charge in [0.2, 0.25) is 0 Å². The van der Waals surface area contributed by atoms with Gasteiger partial charge in [-0.15, -0.1) is 0 Å². The monoisotopic (exact) mass is 331 g/mol. The number of methoxy groups -OCH3 is 1. The number of hydrogen-bond acceptors (Lipinski definition) is 6. The number of carbonyl (C=O) groups is 2. The van der Waals surface area contributed by atoms with E-state index in [0.717, 1.165) is 0 Å². The fourth-order valence-corrected chi connectivity index (χ4v) is 2.28. The van der Waals surface area contributed by atoms with Crippen molar-refractivity contribution in [3.63, 3.8) is 0 Å². The van der Waals surface area contributed by atoms with Gasteiger partial charge in [-0.2, -0.15) is 0 Å². The van der Waals surface area contributed by atoms with E-state index in [1.54, 1.807) is 17.0 Å². The van der Waals surface area contributed by atoms with E-state index in [4.69, 9.17) is 0 Å². The zero-order chi connectivity index (χ0) is 17.9. The number of aromatic nitrogens is 1. The first-order valence-electron chi connectivity index (χ1n) is 7.41. The number of aliphatic hydroxyl groups excluding tert-OH is 1. The molecule has 0 aliphatic carbocycles. The van der Waals surface area contributed by atoms with Crippen LogP contribution in [0.3, 0.4) is 0 Å². The van der Waals surface area contributed by atoms with Crippen molar-refractivity contribution >= 4 is 28.6 Å². The Morgan fingerprint density at radius 3 is 2.58 bits per heavy atom. The maximum atomic E-state index is 12.8. The molecule has 0 radical (unpaired) electrons. The summed E-state index contributed by atoms with van der Waals surface area (Å²) in [5, 5.41) is 12.7. The highest BCUT2D eigenvalue weighted by Gasteiger charge is 2.36. The van der Waals surface area contributed by atoms with Crippen molar-refractivity contribution in [2.75, 3.05) is 32.7 Å². The number of carbonyl (C=O) groups excluding carboxylic acids is 2. The summed E-state index contributed by atoms with van der Waals surface area (Å²) in [4.78, 5) is 30.9. The molecular formula is C17H21N3O4. The molecule has 1 heterocycles. The average molecular weight is 331 g/mol. The minimum absolute atomic E-state index is 0.368. The smallest absolute Gasteiger partial charge is 0.333 e. The van der Waals surface area contributed by atoms with Crippen LogP contribution in [-0.4, -0.2) is 55.3 Å². The van der Waals surface area contributed by atoms with E-state index in [0.29, 0.717) is 22.3 Å². The third kappa shape index (κ3) is 3.30. The number of para-hydroxylation sites is 1. The number of ether oxygens (including phenoxy) is 1. The summed E-state index contributed by atoms with van der Waals surface area (Å²) in [7, 11) is 4.85. The predicted molar refractivity (Wildman–Crippen MR) is 91.0 cm³/mol. The van der Waals surface area contributed by atoms with Crippen LogP contribution >= 0.6 is 0 Å². The fourth-order valence-electron chi connectivity index (χ4n) is 2.28. The van der Waals surface area contributed by atoms with Crippen LogP contribution in [0.1, 0.15) is 17.3 Å². The van der Waals surface area contributed by atoms with Crippen LogP contribution in [0.4, 0.5) is 5.82 Å². The number of nitrogens with one attached hydrogen (secondary N) is 1. The second kappa shape index (κ2) is 6.84. The highest BCUT2D eigenvalue weighted by Crippen LogP contribution is 2.22. The van der Waals surface area contributed by atoms with Crippen molar-refractivity contribution in [2.24, 2.45) is 0 Å². The first-order chi connectivity index (χ1) is 11.3. The molecule has 1 atom stereocenters. The largest absolute Gasteiger partial charge is 0.467 e. The van der Waals surface area contributed by atoms with Crippen LogP contribution < -0.4 is 10.2 Å². The lowest BCUT2D eigenvalue weighted by atomic mass is 10.0. The molecule has 128 valence electrons. The maximum absolute atomic E-state index is 12.8. The molecule has 7 nitrogen and oxygen atoms in total. The van der Waals surface area contributed by atoms with Gasteiger partial charge in [0.15, 0.2) is 5.54 Å².